The molecule has 3 heteroatoms. The van der Waals surface area contributed by atoms with Gasteiger partial charge in [-0.15, -0.1) is 0 Å². The molecule has 0 bridgehead atoms. The van der Waals surface area contributed by atoms with Gasteiger partial charge in [-0.25, -0.2) is 0 Å². The molecule has 3 nitrogen and oxygen atoms in total. The number of hydrogen-bond donors (Lipinski definition) is 1. The number of carbonyl (C=O) groups is 1. The number of ether oxygens (including phenoxy) is 1. The van der Waals surface area contributed by atoms with Crippen molar-refractivity contribution in [1.29, 1.82) is 0 Å². The van der Waals surface area contributed by atoms with Crippen LogP contribution in [-0.2, 0) is 9.53 Å². The number of hydrogen-bond acceptors (Lipinski definition) is 3. The van der Waals surface area contributed by atoms with E-state index in [4.69, 9.17) is 10.5 Å². The van der Waals surface area contributed by atoms with Gasteiger partial charge < -0.3 is 10.5 Å². The third-order valence-corrected chi connectivity index (χ3v) is 1.96. The van der Waals surface area contributed by atoms with Crippen LogP contribution in [0.3, 0.4) is 0 Å². The van der Waals surface area contributed by atoms with Gasteiger partial charge in [0.05, 0.1) is 6.61 Å². The fourth-order valence-corrected chi connectivity index (χ4v) is 1.49. The van der Waals surface area contributed by atoms with Crippen molar-refractivity contribution in [3.05, 3.63) is 0 Å². The fraction of sp³-hybridized carbons (Fsp3) is 0.875. The van der Waals surface area contributed by atoms with Gasteiger partial charge in [0, 0.05) is 6.42 Å². The van der Waals surface area contributed by atoms with Crippen molar-refractivity contribution in [3.63, 3.8) is 0 Å². The highest BCUT2D eigenvalue weighted by Gasteiger charge is 2.40. The molecule has 1 atom stereocenters. The Bertz CT molecular complexity index is 167. The molecule has 64 valence electrons. The highest BCUT2D eigenvalue weighted by atomic mass is 16.5. The minimum absolute atomic E-state index is 0.230. The SMILES string of the molecule is CC(C)C[C@]1(N)CCOC1=O. The monoisotopic (exact) mass is 157 g/mol. The molecule has 1 fully saturated rings. The first-order valence-electron chi connectivity index (χ1n) is 4.01. The first kappa shape index (κ1) is 8.53. The van der Waals surface area contributed by atoms with Crippen LogP contribution in [0.5, 0.6) is 0 Å². The van der Waals surface area contributed by atoms with E-state index in [-0.39, 0.29) is 5.97 Å². The number of nitrogens with two attached hydrogens (primary N) is 1. The van der Waals surface area contributed by atoms with E-state index >= 15 is 0 Å². The zero-order chi connectivity index (χ0) is 8.48. The molecule has 1 saturated heterocycles. The molecule has 0 spiro atoms. The Morgan fingerprint density at radius 2 is 2.36 bits per heavy atom. The molecule has 0 radical (unpaired) electrons. The Hall–Kier alpha value is -0.570. The van der Waals surface area contributed by atoms with Gasteiger partial charge in [-0.05, 0) is 12.3 Å². The summed E-state index contributed by atoms with van der Waals surface area (Å²) in [5.74, 6) is 0.219. The van der Waals surface area contributed by atoms with Crippen LogP contribution in [0, 0.1) is 5.92 Å². The van der Waals surface area contributed by atoms with E-state index in [0.29, 0.717) is 18.9 Å². The molecule has 1 rings (SSSR count). The lowest BCUT2D eigenvalue weighted by Gasteiger charge is -2.20. The molecule has 0 aromatic rings. The topological polar surface area (TPSA) is 52.3 Å². The molecule has 2 N–H and O–H groups in total. The second-order valence-corrected chi connectivity index (χ2v) is 3.64. The smallest absolute Gasteiger partial charge is 0.326 e. The maximum Gasteiger partial charge on any atom is 0.326 e. The van der Waals surface area contributed by atoms with Crippen LogP contribution in [0.15, 0.2) is 0 Å². The summed E-state index contributed by atoms with van der Waals surface area (Å²) in [5.41, 5.74) is 5.14. The van der Waals surface area contributed by atoms with Gasteiger partial charge in [-0.1, -0.05) is 13.8 Å². The average Bonchev–Trinajstić information content (AvgIpc) is 2.11. The molecular weight excluding hydrogens is 142 g/mol. The van der Waals surface area contributed by atoms with Crippen LogP contribution < -0.4 is 5.73 Å². The lowest BCUT2D eigenvalue weighted by molar-refractivity contribution is -0.142. The maximum atomic E-state index is 11.1. The molecule has 0 unspecified atom stereocenters. The van der Waals surface area contributed by atoms with Crippen molar-refractivity contribution in [1.82, 2.24) is 0 Å². The zero-order valence-corrected chi connectivity index (χ0v) is 7.09. The summed E-state index contributed by atoms with van der Waals surface area (Å²) in [6.07, 6.45) is 1.40. The van der Waals surface area contributed by atoms with Gasteiger partial charge in [0.25, 0.3) is 0 Å². The van der Waals surface area contributed by atoms with Crippen LogP contribution >= 0.6 is 0 Å². The van der Waals surface area contributed by atoms with Crippen molar-refractivity contribution in [2.24, 2.45) is 11.7 Å². The largest absolute Gasteiger partial charge is 0.464 e. The maximum absolute atomic E-state index is 11.1. The molecule has 1 aliphatic heterocycles. The van der Waals surface area contributed by atoms with Gasteiger partial charge in [0.2, 0.25) is 0 Å². The highest BCUT2D eigenvalue weighted by Crippen LogP contribution is 2.24. The molecule has 0 aromatic carbocycles. The highest BCUT2D eigenvalue weighted by molar-refractivity contribution is 5.82. The van der Waals surface area contributed by atoms with Crippen LogP contribution in [-0.4, -0.2) is 18.1 Å². The van der Waals surface area contributed by atoms with Crippen molar-refractivity contribution >= 4 is 5.97 Å². The zero-order valence-electron chi connectivity index (χ0n) is 7.09. The predicted molar refractivity (Wildman–Crippen MR) is 41.9 cm³/mol. The minimum atomic E-state index is -0.686. The quantitative estimate of drug-likeness (QED) is 0.599. The summed E-state index contributed by atoms with van der Waals surface area (Å²) in [6, 6.07) is 0. The summed E-state index contributed by atoms with van der Waals surface area (Å²) in [6.45, 7) is 4.60. The molecule has 0 amide bonds. The van der Waals surface area contributed by atoms with Gasteiger partial charge >= 0.3 is 5.97 Å². The summed E-state index contributed by atoms with van der Waals surface area (Å²) in [5, 5.41) is 0. The second-order valence-electron chi connectivity index (χ2n) is 3.64. The van der Waals surface area contributed by atoms with Crippen molar-refractivity contribution in [2.75, 3.05) is 6.61 Å². The van der Waals surface area contributed by atoms with E-state index in [0.717, 1.165) is 6.42 Å². The molecule has 11 heavy (non-hydrogen) atoms. The van der Waals surface area contributed by atoms with E-state index < -0.39 is 5.54 Å². The van der Waals surface area contributed by atoms with E-state index in [1.165, 1.54) is 0 Å². The lowest BCUT2D eigenvalue weighted by Crippen LogP contribution is -2.45. The second kappa shape index (κ2) is 2.81. The summed E-state index contributed by atoms with van der Waals surface area (Å²) in [4.78, 5) is 11.1. The Morgan fingerprint density at radius 3 is 2.73 bits per heavy atom. The van der Waals surface area contributed by atoms with Crippen LogP contribution in [0.25, 0.3) is 0 Å². The van der Waals surface area contributed by atoms with E-state index in [1.54, 1.807) is 0 Å². The normalized spacial score (nSPS) is 31.1. The summed E-state index contributed by atoms with van der Waals surface area (Å²) in [7, 11) is 0. The van der Waals surface area contributed by atoms with E-state index in [1.807, 2.05) is 0 Å². The van der Waals surface area contributed by atoms with Crippen molar-refractivity contribution in [3.8, 4) is 0 Å². The van der Waals surface area contributed by atoms with Crippen LogP contribution in [0.2, 0.25) is 0 Å². The van der Waals surface area contributed by atoms with Gasteiger partial charge in [-0.3, -0.25) is 4.79 Å². The Morgan fingerprint density at radius 1 is 1.73 bits per heavy atom. The van der Waals surface area contributed by atoms with E-state index in [9.17, 15) is 4.79 Å². The van der Waals surface area contributed by atoms with Crippen LogP contribution in [0.4, 0.5) is 0 Å². The van der Waals surface area contributed by atoms with Crippen molar-refractivity contribution in [2.45, 2.75) is 32.2 Å². The average molecular weight is 157 g/mol. The Labute approximate surface area is 66.9 Å². The van der Waals surface area contributed by atoms with Gasteiger partial charge in [0.15, 0.2) is 0 Å². The third kappa shape index (κ3) is 1.71. The molecule has 0 aliphatic carbocycles. The molecule has 0 aromatic heterocycles. The van der Waals surface area contributed by atoms with Gasteiger partial charge in [-0.2, -0.15) is 0 Å². The Balaban J connectivity index is 2.58. The van der Waals surface area contributed by atoms with Gasteiger partial charge in [0.1, 0.15) is 5.54 Å². The first-order chi connectivity index (χ1) is 5.04. The predicted octanol–water partition coefficient (Wildman–Crippen LogP) is 0.677. The molecule has 0 saturated carbocycles. The lowest BCUT2D eigenvalue weighted by atomic mass is 9.89. The minimum Gasteiger partial charge on any atom is -0.464 e. The standard InChI is InChI=1S/C8H15NO2/c1-6(2)5-8(9)3-4-11-7(8)10/h6H,3-5,9H2,1-2H3/t8-/m1/s1. The number of rotatable bonds is 2. The summed E-state index contributed by atoms with van der Waals surface area (Å²) < 4.78 is 4.81. The number of cyclic esters (lactones) is 1. The van der Waals surface area contributed by atoms with Crippen molar-refractivity contribution < 1.29 is 9.53 Å². The van der Waals surface area contributed by atoms with Crippen LogP contribution in [0.1, 0.15) is 26.7 Å². The fourth-order valence-electron chi connectivity index (χ4n) is 1.49. The molecular formula is C8H15NO2. The molecule has 1 heterocycles. The first-order valence-corrected chi connectivity index (χ1v) is 4.01. The third-order valence-electron chi connectivity index (χ3n) is 1.96. The summed E-state index contributed by atoms with van der Waals surface area (Å²) >= 11 is 0. The number of esters is 1. The van der Waals surface area contributed by atoms with E-state index in [2.05, 4.69) is 13.8 Å². The molecule has 1 aliphatic rings. The Kier molecular flexibility index (Phi) is 2.18. The number of carbonyl (C=O) groups excluding carboxylic acids is 1.